The van der Waals surface area contributed by atoms with Gasteiger partial charge < -0.3 is 5.32 Å². The lowest BCUT2D eigenvalue weighted by atomic mass is 10.2. The van der Waals surface area contributed by atoms with Gasteiger partial charge in [-0.2, -0.15) is 0 Å². The minimum atomic E-state index is -0.151. The third kappa shape index (κ3) is 3.32. The second kappa shape index (κ2) is 6.68. The molecule has 0 aliphatic heterocycles. The van der Waals surface area contributed by atoms with Gasteiger partial charge in [0, 0.05) is 19.0 Å². The van der Waals surface area contributed by atoms with Crippen molar-refractivity contribution in [2.45, 2.75) is 51.1 Å². The van der Waals surface area contributed by atoms with Crippen LogP contribution < -0.4 is 10.9 Å². The largest absolute Gasteiger partial charge is 0.353 e. The number of amides is 1. The number of fused-ring (bicyclic) bond motifs is 1. The lowest BCUT2D eigenvalue weighted by Gasteiger charge is -2.11. The monoisotopic (exact) mass is 300 g/mol. The summed E-state index contributed by atoms with van der Waals surface area (Å²) in [4.78, 5) is 24.1. The zero-order chi connectivity index (χ0) is 15.4. The second-order valence-corrected chi connectivity index (χ2v) is 5.79. The van der Waals surface area contributed by atoms with Crippen LogP contribution in [0.15, 0.2) is 29.1 Å². The zero-order valence-corrected chi connectivity index (χ0v) is 12.5. The molecule has 6 nitrogen and oxygen atoms in total. The van der Waals surface area contributed by atoms with Gasteiger partial charge in [-0.3, -0.25) is 9.59 Å². The highest BCUT2D eigenvalue weighted by molar-refractivity contribution is 5.77. The molecule has 0 saturated heterocycles. The van der Waals surface area contributed by atoms with Gasteiger partial charge in [-0.05, 0) is 31.4 Å². The van der Waals surface area contributed by atoms with Crippen LogP contribution in [0.25, 0.3) is 10.9 Å². The van der Waals surface area contributed by atoms with Gasteiger partial charge in [-0.15, -0.1) is 5.10 Å². The molecule has 1 fully saturated rings. The van der Waals surface area contributed by atoms with E-state index >= 15 is 0 Å². The van der Waals surface area contributed by atoms with Crippen molar-refractivity contribution < 1.29 is 4.79 Å². The number of carbonyl (C=O) groups is 1. The van der Waals surface area contributed by atoms with Gasteiger partial charge in [0.05, 0.1) is 5.39 Å². The number of nitrogens with zero attached hydrogens (tertiary/aromatic N) is 3. The van der Waals surface area contributed by atoms with Crippen LogP contribution in [0.2, 0.25) is 0 Å². The number of benzene rings is 1. The lowest BCUT2D eigenvalue weighted by molar-refractivity contribution is -0.121. The van der Waals surface area contributed by atoms with E-state index in [1.807, 2.05) is 12.1 Å². The Kier molecular flexibility index (Phi) is 4.46. The first-order valence-electron chi connectivity index (χ1n) is 7.86. The summed E-state index contributed by atoms with van der Waals surface area (Å²) < 4.78 is 1.34. The highest BCUT2D eigenvalue weighted by Gasteiger charge is 2.16. The quantitative estimate of drug-likeness (QED) is 0.910. The molecule has 1 aromatic carbocycles. The fraction of sp³-hybridized carbons (Fsp3) is 0.500. The van der Waals surface area contributed by atoms with Crippen LogP contribution in [0.5, 0.6) is 0 Å². The molecule has 22 heavy (non-hydrogen) atoms. The summed E-state index contributed by atoms with van der Waals surface area (Å²) in [5, 5.41) is 11.6. The predicted octanol–water partition coefficient (Wildman–Crippen LogP) is 1.63. The smallest absolute Gasteiger partial charge is 0.277 e. The van der Waals surface area contributed by atoms with Crippen LogP contribution in [0.1, 0.15) is 38.5 Å². The minimum Gasteiger partial charge on any atom is -0.353 e. The predicted molar refractivity (Wildman–Crippen MR) is 83.4 cm³/mol. The third-order valence-corrected chi connectivity index (χ3v) is 4.12. The van der Waals surface area contributed by atoms with Gasteiger partial charge in [0.15, 0.2) is 0 Å². The molecule has 1 N–H and O–H groups in total. The van der Waals surface area contributed by atoms with Gasteiger partial charge in [0.25, 0.3) is 5.56 Å². The lowest BCUT2D eigenvalue weighted by Crippen LogP contribution is -2.33. The standard InChI is InChI=1S/C16H20N4O2/c21-15(17-12-6-1-2-7-12)10-5-11-20-16(22)13-8-3-4-9-14(13)18-19-20/h3-4,8-9,12H,1-2,5-7,10-11H2,(H,17,21). The van der Waals surface area contributed by atoms with Gasteiger partial charge in [0.1, 0.15) is 5.52 Å². The van der Waals surface area contributed by atoms with Crippen molar-refractivity contribution in [3.05, 3.63) is 34.6 Å². The molecule has 6 heteroatoms. The maximum absolute atomic E-state index is 12.2. The summed E-state index contributed by atoms with van der Waals surface area (Å²) in [7, 11) is 0. The summed E-state index contributed by atoms with van der Waals surface area (Å²) in [6.07, 6.45) is 5.58. The third-order valence-electron chi connectivity index (χ3n) is 4.12. The van der Waals surface area contributed by atoms with E-state index in [1.54, 1.807) is 12.1 Å². The Hall–Kier alpha value is -2.24. The molecular weight excluding hydrogens is 280 g/mol. The van der Waals surface area contributed by atoms with Crippen molar-refractivity contribution in [1.29, 1.82) is 0 Å². The van der Waals surface area contributed by atoms with Crippen molar-refractivity contribution in [3.8, 4) is 0 Å². The topological polar surface area (TPSA) is 76.9 Å². The Bertz CT molecular complexity index is 719. The zero-order valence-electron chi connectivity index (χ0n) is 12.5. The van der Waals surface area contributed by atoms with Crippen LogP contribution in [-0.2, 0) is 11.3 Å². The van der Waals surface area contributed by atoms with Crippen LogP contribution in [0, 0.1) is 0 Å². The summed E-state index contributed by atoms with van der Waals surface area (Å²) in [6.45, 7) is 0.411. The first kappa shape index (κ1) is 14.7. The summed E-state index contributed by atoms with van der Waals surface area (Å²) in [5.41, 5.74) is 0.449. The van der Waals surface area contributed by atoms with Crippen LogP contribution in [0.4, 0.5) is 0 Å². The van der Waals surface area contributed by atoms with Crippen LogP contribution in [-0.4, -0.2) is 26.9 Å². The van der Waals surface area contributed by atoms with Crippen molar-refractivity contribution in [2.24, 2.45) is 0 Å². The Morgan fingerprint density at radius 3 is 2.86 bits per heavy atom. The van der Waals surface area contributed by atoms with Gasteiger partial charge in [0.2, 0.25) is 5.91 Å². The molecule has 1 aliphatic rings. The van der Waals surface area contributed by atoms with E-state index in [9.17, 15) is 9.59 Å². The SMILES string of the molecule is O=C(CCCn1nnc2ccccc2c1=O)NC1CCCC1. The molecule has 1 heterocycles. The fourth-order valence-electron chi connectivity index (χ4n) is 2.93. The van der Waals surface area contributed by atoms with Gasteiger partial charge >= 0.3 is 0 Å². The Balaban J connectivity index is 1.56. The van der Waals surface area contributed by atoms with E-state index < -0.39 is 0 Å². The average Bonchev–Trinajstić information content (AvgIpc) is 3.03. The average molecular weight is 300 g/mol. The van der Waals surface area contributed by atoms with E-state index in [0.29, 0.717) is 36.3 Å². The van der Waals surface area contributed by atoms with Crippen LogP contribution in [0.3, 0.4) is 0 Å². The molecule has 3 rings (SSSR count). The molecule has 0 radical (unpaired) electrons. The number of hydrogen-bond acceptors (Lipinski definition) is 4. The Labute approximate surface area is 128 Å². The van der Waals surface area contributed by atoms with E-state index in [2.05, 4.69) is 15.6 Å². The molecule has 0 spiro atoms. The second-order valence-electron chi connectivity index (χ2n) is 5.79. The number of rotatable bonds is 5. The van der Waals surface area contributed by atoms with Crippen LogP contribution >= 0.6 is 0 Å². The van der Waals surface area contributed by atoms with Crippen molar-refractivity contribution in [1.82, 2.24) is 20.3 Å². The summed E-state index contributed by atoms with van der Waals surface area (Å²) in [5.74, 6) is 0.0636. The molecule has 2 aromatic rings. The van der Waals surface area contributed by atoms with E-state index in [-0.39, 0.29) is 11.5 Å². The molecule has 116 valence electrons. The first-order valence-corrected chi connectivity index (χ1v) is 7.86. The van der Waals surface area contributed by atoms with E-state index in [0.717, 1.165) is 12.8 Å². The summed E-state index contributed by atoms with van der Waals surface area (Å²) >= 11 is 0. The van der Waals surface area contributed by atoms with Gasteiger partial charge in [-0.1, -0.05) is 30.2 Å². The minimum absolute atomic E-state index is 0.0636. The maximum Gasteiger partial charge on any atom is 0.277 e. The summed E-state index contributed by atoms with van der Waals surface area (Å²) in [6, 6.07) is 7.49. The Morgan fingerprint density at radius 1 is 1.27 bits per heavy atom. The molecule has 0 bridgehead atoms. The Morgan fingerprint density at radius 2 is 2.05 bits per heavy atom. The number of aryl methyl sites for hydroxylation is 1. The van der Waals surface area contributed by atoms with Crippen molar-refractivity contribution >= 4 is 16.8 Å². The maximum atomic E-state index is 12.2. The number of aromatic nitrogens is 3. The van der Waals surface area contributed by atoms with E-state index in [1.165, 1.54) is 17.5 Å². The molecule has 1 aliphatic carbocycles. The number of carbonyl (C=O) groups excluding carboxylic acids is 1. The molecule has 1 saturated carbocycles. The molecule has 1 aromatic heterocycles. The number of hydrogen-bond donors (Lipinski definition) is 1. The first-order chi connectivity index (χ1) is 10.7. The van der Waals surface area contributed by atoms with Gasteiger partial charge in [-0.25, -0.2) is 4.68 Å². The normalized spacial score (nSPS) is 15.3. The molecule has 1 amide bonds. The van der Waals surface area contributed by atoms with Crippen molar-refractivity contribution in [2.75, 3.05) is 0 Å². The number of nitrogens with one attached hydrogen (secondary N) is 1. The molecule has 0 atom stereocenters. The van der Waals surface area contributed by atoms with E-state index in [4.69, 9.17) is 0 Å². The highest BCUT2D eigenvalue weighted by Crippen LogP contribution is 2.17. The highest BCUT2D eigenvalue weighted by atomic mass is 16.1. The fourth-order valence-corrected chi connectivity index (χ4v) is 2.93. The molecule has 0 unspecified atom stereocenters. The van der Waals surface area contributed by atoms with Crippen molar-refractivity contribution in [3.63, 3.8) is 0 Å². The molecular formula is C16H20N4O2.